The molecule has 2 aliphatic rings. The molecule has 156 valence electrons. The molecule has 2 N–H and O–H groups in total. The van der Waals surface area contributed by atoms with Crippen molar-refractivity contribution < 1.29 is 14.3 Å². The summed E-state index contributed by atoms with van der Waals surface area (Å²) < 4.78 is 5.70. The SMILES string of the molecule is Cc1cccc(OCCC(=O)N2CCCC(CNC(=O)C3CCCN3)C2)c1.Cl. The molecule has 0 bridgehead atoms. The van der Waals surface area contributed by atoms with Gasteiger partial charge in [0.15, 0.2) is 0 Å². The van der Waals surface area contributed by atoms with Gasteiger partial charge in [0.1, 0.15) is 5.75 Å². The van der Waals surface area contributed by atoms with Crippen LogP contribution in [-0.2, 0) is 9.59 Å². The number of ether oxygens (including phenoxy) is 1. The number of rotatable bonds is 7. The Hall–Kier alpha value is -1.79. The van der Waals surface area contributed by atoms with Gasteiger partial charge in [0.05, 0.1) is 19.1 Å². The largest absolute Gasteiger partial charge is 0.493 e. The Bertz CT molecular complexity index is 650. The fourth-order valence-corrected chi connectivity index (χ4v) is 3.85. The number of hydrogen-bond acceptors (Lipinski definition) is 4. The van der Waals surface area contributed by atoms with E-state index in [1.165, 1.54) is 0 Å². The van der Waals surface area contributed by atoms with E-state index in [2.05, 4.69) is 10.6 Å². The summed E-state index contributed by atoms with van der Waals surface area (Å²) in [5, 5.41) is 6.28. The molecule has 1 aromatic carbocycles. The number of aryl methyl sites for hydroxylation is 1. The molecule has 0 aromatic heterocycles. The average Bonchev–Trinajstić information content (AvgIpc) is 3.21. The van der Waals surface area contributed by atoms with Crippen LogP contribution in [0.3, 0.4) is 0 Å². The summed E-state index contributed by atoms with van der Waals surface area (Å²) in [6.07, 6.45) is 4.42. The summed E-state index contributed by atoms with van der Waals surface area (Å²) in [6.45, 7) is 5.52. The van der Waals surface area contributed by atoms with Crippen LogP contribution < -0.4 is 15.4 Å². The van der Waals surface area contributed by atoms with Gasteiger partial charge in [0, 0.05) is 19.6 Å². The molecule has 7 heteroatoms. The number of halogens is 1. The molecule has 2 amide bonds. The molecule has 2 aliphatic heterocycles. The Labute approximate surface area is 173 Å². The van der Waals surface area contributed by atoms with Crippen LogP contribution in [0.4, 0.5) is 0 Å². The molecule has 3 rings (SSSR count). The van der Waals surface area contributed by atoms with Gasteiger partial charge in [-0.25, -0.2) is 0 Å². The van der Waals surface area contributed by atoms with Crippen molar-refractivity contribution in [2.45, 2.75) is 45.1 Å². The fraction of sp³-hybridized carbons (Fsp3) is 0.619. The third-order valence-electron chi connectivity index (χ3n) is 5.39. The van der Waals surface area contributed by atoms with Gasteiger partial charge in [-0.1, -0.05) is 12.1 Å². The molecule has 2 fully saturated rings. The maximum absolute atomic E-state index is 12.5. The molecule has 28 heavy (non-hydrogen) atoms. The van der Waals surface area contributed by atoms with Crippen molar-refractivity contribution in [1.82, 2.24) is 15.5 Å². The summed E-state index contributed by atoms with van der Waals surface area (Å²) in [7, 11) is 0. The third kappa shape index (κ3) is 6.67. The fourth-order valence-electron chi connectivity index (χ4n) is 3.85. The van der Waals surface area contributed by atoms with Crippen LogP contribution in [0.2, 0.25) is 0 Å². The molecule has 0 saturated carbocycles. The Balaban J connectivity index is 0.00000280. The maximum Gasteiger partial charge on any atom is 0.237 e. The van der Waals surface area contributed by atoms with E-state index in [1.807, 2.05) is 36.1 Å². The first-order chi connectivity index (χ1) is 13.1. The summed E-state index contributed by atoms with van der Waals surface area (Å²) >= 11 is 0. The van der Waals surface area contributed by atoms with Crippen molar-refractivity contribution in [3.05, 3.63) is 29.8 Å². The lowest BCUT2D eigenvalue weighted by Crippen LogP contribution is -2.46. The van der Waals surface area contributed by atoms with Crippen LogP contribution >= 0.6 is 12.4 Å². The van der Waals surface area contributed by atoms with Gasteiger partial charge < -0.3 is 20.3 Å². The molecule has 0 radical (unpaired) electrons. The second-order valence-corrected chi connectivity index (χ2v) is 7.66. The lowest BCUT2D eigenvalue weighted by molar-refractivity contribution is -0.133. The van der Waals surface area contributed by atoms with Crippen LogP contribution in [0.1, 0.15) is 37.7 Å². The molecule has 2 atom stereocenters. The minimum absolute atomic E-state index is 0. The molecule has 6 nitrogen and oxygen atoms in total. The second-order valence-electron chi connectivity index (χ2n) is 7.66. The zero-order chi connectivity index (χ0) is 19.1. The number of carbonyl (C=O) groups excluding carboxylic acids is 2. The van der Waals surface area contributed by atoms with Gasteiger partial charge in [-0.3, -0.25) is 9.59 Å². The predicted octanol–water partition coefficient (Wildman–Crippen LogP) is 2.29. The summed E-state index contributed by atoms with van der Waals surface area (Å²) in [5.74, 6) is 1.38. The standard InChI is InChI=1S/C21H31N3O3.ClH/c1-16-5-2-7-18(13-16)27-12-9-20(25)24-11-4-6-17(15-24)14-23-21(26)19-8-3-10-22-19;/h2,5,7,13,17,19,22H,3-4,6,8-12,14-15H2,1H3,(H,23,26);1H. The smallest absolute Gasteiger partial charge is 0.237 e. The Morgan fingerprint density at radius 3 is 2.89 bits per heavy atom. The van der Waals surface area contributed by atoms with Crippen molar-refractivity contribution >= 4 is 24.2 Å². The number of nitrogens with zero attached hydrogens (tertiary/aromatic N) is 1. The first kappa shape index (κ1) is 22.5. The lowest BCUT2D eigenvalue weighted by atomic mass is 9.97. The highest BCUT2D eigenvalue weighted by Gasteiger charge is 2.26. The molecule has 2 saturated heterocycles. The van der Waals surface area contributed by atoms with E-state index >= 15 is 0 Å². The zero-order valence-electron chi connectivity index (χ0n) is 16.6. The van der Waals surface area contributed by atoms with Crippen LogP contribution in [0.5, 0.6) is 5.75 Å². The van der Waals surface area contributed by atoms with E-state index in [0.29, 0.717) is 25.5 Å². The highest BCUT2D eigenvalue weighted by atomic mass is 35.5. The van der Waals surface area contributed by atoms with Crippen LogP contribution in [0.15, 0.2) is 24.3 Å². The summed E-state index contributed by atoms with van der Waals surface area (Å²) in [6, 6.07) is 7.83. The van der Waals surface area contributed by atoms with Crippen LogP contribution in [-0.4, -0.2) is 55.5 Å². The highest BCUT2D eigenvalue weighted by molar-refractivity contribution is 5.85. The molecule has 2 unspecified atom stereocenters. The Kier molecular flexibility index (Phi) is 9.06. The topological polar surface area (TPSA) is 70.7 Å². The van der Waals surface area contributed by atoms with E-state index in [4.69, 9.17) is 4.74 Å². The van der Waals surface area contributed by atoms with Gasteiger partial charge >= 0.3 is 0 Å². The highest BCUT2D eigenvalue weighted by Crippen LogP contribution is 2.18. The van der Waals surface area contributed by atoms with Crippen molar-refractivity contribution in [3.8, 4) is 5.75 Å². The Morgan fingerprint density at radius 1 is 1.29 bits per heavy atom. The molecular weight excluding hydrogens is 378 g/mol. The first-order valence-corrected chi connectivity index (χ1v) is 10.1. The number of carbonyl (C=O) groups is 2. The number of benzene rings is 1. The number of amides is 2. The minimum Gasteiger partial charge on any atom is -0.493 e. The van der Waals surface area contributed by atoms with Gasteiger partial charge in [-0.05, 0) is 62.8 Å². The predicted molar refractivity (Wildman–Crippen MR) is 112 cm³/mol. The van der Waals surface area contributed by atoms with E-state index in [9.17, 15) is 9.59 Å². The molecule has 0 spiro atoms. The quantitative estimate of drug-likeness (QED) is 0.724. The zero-order valence-corrected chi connectivity index (χ0v) is 17.4. The van der Waals surface area contributed by atoms with Crippen molar-refractivity contribution in [2.75, 3.05) is 32.8 Å². The monoisotopic (exact) mass is 409 g/mol. The van der Waals surface area contributed by atoms with Gasteiger partial charge in [-0.2, -0.15) is 0 Å². The number of likely N-dealkylation sites (tertiary alicyclic amines) is 1. The van der Waals surface area contributed by atoms with E-state index in [-0.39, 0.29) is 30.3 Å². The molecule has 0 aliphatic carbocycles. The third-order valence-corrected chi connectivity index (χ3v) is 5.39. The van der Waals surface area contributed by atoms with E-state index in [1.54, 1.807) is 0 Å². The number of nitrogens with one attached hydrogen (secondary N) is 2. The molecule has 2 heterocycles. The van der Waals surface area contributed by atoms with Gasteiger partial charge in [0.2, 0.25) is 11.8 Å². The molecular formula is C21H32ClN3O3. The average molecular weight is 410 g/mol. The second kappa shape index (κ2) is 11.3. The lowest BCUT2D eigenvalue weighted by Gasteiger charge is -2.33. The maximum atomic E-state index is 12.5. The normalized spacial score (nSPS) is 21.7. The van der Waals surface area contributed by atoms with E-state index < -0.39 is 0 Å². The Morgan fingerprint density at radius 2 is 2.14 bits per heavy atom. The number of hydrogen-bond donors (Lipinski definition) is 2. The number of piperidine rings is 1. The van der Waals surface area contributed by atoms with Crippen LogP contribution in [0, 0.1) is 12.8 Å². The van der Waals surface area contributed by atoms with Crippen LogP contribution in [0.25, 0.3) is 0 Å². The first-order valence-electron chi connectivity index (χ1n) is 10.1. The van der Waals surface area contributed by atoms with E-state index in [0.717, 1.165) is 56.6 Å². The minimum atomic E-state index is -0.0369. The van der Waals surface area contributed by atoms with Crippen molar-refractivity contribution in [3.63, 3.8) is 0 Å². The van der Waals surface area contributed by atoms with Crippen molar-refractivity contribution in [2.24, 2.45) is 5.92 Å². The molecule has 1 aromatic rings. The van der Waals surface area contributed by atoms with Crippen molar-refractivity contribution in [1.29, 1.82) is 0 Å². The summed E-state index contributed by atoms with van der Waals surface area (Å²) in [4.78, 5) is 26.6. The van der Waals surface area contributed by atoms with Gasteiger partial charge in [0.25, 0.3) is 0 Å². The van der Waals surface area contributed by atoms with Gasteiger partial charge in [-0.15, -0.1) is 12.4 Å². The summed E-state index contributed by atoms with van der Waals surface area (Å²) in [5.41, 5.74) is 1.15.